The molecule has 1 aromatic heterocycles. The Kier molecular flexibility index (Phi) is 4.72. The Bertz CT molecular complexity index is 499. The van der Waals surface area contributed by atoms with Crippen molar-refractivity contribution in [3.63, 3.8) is 0 Å². The zero-order valence-corrected chi connectivity index (χ0v) is 13.5. The first-order valence-corrected chi connectivity index (χ1v) is 9.96. The second-order valence-electron chi connectivity index (χ2n) is 6.32. The Morgan fingerprint density at radius 2 is 2.05 bits per heavy atom. The smallest absolute Gasteiger partial charge is 0.549 e. The van der Waals surface area contributed by atoms with Gasteiger partial charge >= 0.3 is 18.9 Å². The van der Waals surface area contributed by atoms with Gasteiger partial charge in [0.15, 0.2) is 0 Å². The Balaban J connectivity index is 0.00000180. The standard InChI is InChI=1S/C14H21NO2Si.Li/c1-10-8-11-6-5-7-14(13(16)17,18(2,3)4)12(11)15-9-10;/h8-9H,5-7H2,1-4H3,(H,16,17);/q;+1/p-1. The third-order valence-corrected chi connectivity index (χ3v) is 7.39. The molecule has 0 bridgehead atoms. The van der Waals surface area contributed by atoms with Gasteiger partial charge in [0.1, 0.15) is 0 Å². The van der Waals surface area contributed by atoms with Crippen molar-refractivity contribution < 1.29 is 28.8 Å². The SMILES string of the molecule is Cc1cnc2c(c1)CCCC2(C(=O)[O-])[Si](C)(C)C.[Li+]. The molecule has 0 amide bonds. The zero-order valence-electron chi connectivity index (χ0n) is 12.5. The number of hydrogen-bond acceptors (Lipinski definition) is 3. The quantitative estimate of drug-likeness (QED) is 0.620. The van der Waals surface area contributed by atoms with E-state index in [1.807, 2.05) is 6.92 Å². The fourth-order valence-electron chi connectivity index (χ4n) is 3.10. The normalized spacial score (nSPS) is 22.3. The molecule has 0 radical (unpaired) electrons. The van der Waals surface area contributed by atoms with Crippen LogP contribution in [-0.4, -0.2) is 19.0 Å². The molecule has 1 heterocycles. The molecule has 1 aliphatic rings. The molecular formula is C14H20LiNO2Si. The van der Waals surface area contributed by atoms with E-state index in [9.17, 15) is 9.90 Å². The van der Waals surface area contributed by atoms with E-state index in [-0.39, 0.29) is 18.9 Å². The molecule has 1 unspecified atom stereocenters. The van der Waals surface area contributed by atoms with E-state index < -0.39 is 19.1 Å². The molecular weight excluding hydrogens is 249 g/mol. The second kappa shape index (κ2) is 5.43. The van der Waals surface area contributed by atoms with Gasteiger partial charge < -0.3 is 9.90 Å². The molecule has 0 spiro atoms. The van der Waals surface area contributed by atoms with Crippen LogP contribution >= 0.6 is 0 Å². The second-order valence-corrected chi connectivity index (χ2v) is 11.7. The maximum atomic E-state index is 11.9. The van der Waals surface area contributed by atoms with E-state index in [1.165, 1.54) is 0 Å². The van der Waals surface area contributed by atoms with Crippen molar-refractivity contribution in [3.8, 4) is 0 Å². The Morgan fingerprint density at radius 1 is 1.42 bits per heavy atom. The zero-order chi connectivity index (χ0) is 13.6. The van der Waals surface area contributed by atoms with Crippen molar-refractivity contribution in [1.82, 2.24) is 4.98 Å². The van der Waals surface area contributed by atoms with Crippen LogP contribution in [0.3, 0.4) is 0 Å². The van der Waals surface area contributed by atoms with Crippen molar-refractivity contribution in [2.45, 2.75) is 50.9 Å². The number of carboxylic acids is 1. The van der Waals surface area contributed by atoms with Crippen LogP contribution in [0.2, 0.25) is 19.6 Å². The number of rotatable bonds is 2. The van der Waals surface area contributed by atoms with Gasteiger partial charge in [-0.25, -0.2) is 0 Å². The molecule has 3 nitrogen and oxygen atoms in total. The van der Waals surface area contributed by atoms with Gasteiger partial charge in [-0.1, -0.05) is 25.7 Å². The van der Waals surface area contributed by atoms with Crippen molar-refractivity contribution in [1.29, 1.82) is 0 Å². The van der Waals surface area contributed by atoms with Gasteiger partial charge in [-0.15, -0.1) is 0 Å². The molecule has 2 rings (SSSR count). The summed E-state index contributed by atoms with van der Waals surface area (Å²) in [5.74, 6) is -0.932. The van der Waals surface area contributed by atoms with Crippen LogP contribution in [-0.2, 0) is 16.3 Å². The van der Waals surface area contributed by atoms with Crippen LogP contribution in [0.15, 0.2) is 12.3 Å². The minimum absolute atomic E-state index is 0. The van der Waals surface area contributed by atoms with Crippen molar-refractivity contribution in [3.05, 3.63) is 29.1 Å². The molecule has 0 aromatic carbocycles. The van der Waals surface area contributed by atoms with Gasteiger partial charge in [-0.3, -0.25) is 4.98 Å². The van der Waals surface area contributed by atoms with E-state index in [2.05, 4.69) is 30.7 Å². The number of aryl methyl sites for hydroxylation is 2. The number of nitrogens with zero attached hydrogens (tertiary/aromatic N) is 1. The van der Waals surface area contributed by atoms with E-state index in [4.69, 9.17) is 0 Å². The largest absolute Gasteiger partial charge is 1.00 e. The van der Waals surface area contributed by atoms with Crippen LogP contribution in [0.1, 0.15) is 29.7 Å². The first-order valence-electron chi connectivity index (χ1n) is 6.46. The fraction of sp³-hybridized carbons (Fsp3) is 0.571. The van der Waals surface area contributed by atoms with Crippen molar-refractivity contribution >= 4 is 14.0 Å². The third-order valence-electron chi connectivity index (χ3n) is 4.13. The molecule has 19 heavy (non-hydrogen) atoms. The summed E-state index contributed by atoms with van der Waals surface area (Å²) in [5, 5.41) is 11.0. The summed E-state index contributed by atoms with van der Waals surface area (Å²) < 4.78 is 0. The molecule has 98 valence electrons. The maximum Gasteiger partial charge on any atom is 1.00 e. The van der Waals surface area contributed by atoms with Crippen LogP contribution < -0.4 is 24.0 Å². The van der Waals surface area contributed by atoms with Crippen molar-refractivity contribution in [2.75, 3.05) is 0 Å². The van der Waals surface area contributed by atoms with Gasteiger partial charge in [-0.2, -0.15) is 0 Å². The molecule has 0 fully saturated rings. The summed E-state index contributed by atoms with van der Waals surface area (Å²) in [5.41, 5.74) is 2.98. The summed E-state index contributed by atoms with van der Waals surface area (Å²) in [4.78, 5) is 16.3. The Labute approximate surface area is 128 Å². The predicted octanol–water partition coefficient (Wildman–Crippen LogP) is -1.40. The average Bonchev–Trinajstić information content (AvgIpc) is 2.25. The van der Waals surface area contributed by atoms with Gasteiger partial charge in [0, 0.05) is 11.2 Å². The monoisotopic (exact) mass is 269 g/mol. The van der Waals surface area contributed by atoms with Gasteiger partial charge in [-0.05, 0) is 37.3 Å². The van der Waals surface area contributed by atoms with Gasteiger partial charge in [0.25, 0.3) is 0 Å². The van der Waals surface area contributed by atoms with Gasteiger partial charge in [0.2, 0.25) is 0 Å². The number of fused-ring (bicyclic) bond motifs is 1. The number of aromatic nitrogens is 1. The molecule has 5 heteroatoms. The summed E-state index contributed by atoms with van der Waals surface area (Å²) in [6.07, 6.45) is 4.30. The third kappa shape index (κ3) is 2.54. The summed E-state index contributed by atoms with van der Waals surface area (Å²) >= 11 is 0. The first-order chi connectivity index (χ1) is 8.29. The summed E-state index contributed by atoms with van der Waals surface area (Å²) in [6, 6.07) is 2.08. The number of pyridine rings is 1. The first kappa shape index (κ1) is 16.5. The van der Waals surface area contributed by atoms with E-state index in [0.29, 0.717) is 6.42 Å². The minimum atomic E-state index is -1.96. The van der Waals surface area contributed by atoms with Crippen LogP contribution in [0.5, 0.6) is 0 Å². The minimum Gasteiger partial charge on any atom is -0.549 e. The van der Waals surface area contributed by atoms with E-state index in [0.717, 1.165) is 29.7 Å². The van der Waals surface area contributed by atoms with Crippen LogP contribution in [0.4, 0.5) is 0 Å². The summed E-state index contributed by atoms with van der Waals surface area (Å²) in [7, 11) is -1.96. The molecule has 1 aliphatic carbocycles. The van der Waals surface area contributed by atoms with E-state index in [1.54, 1.807) is 6.20 Å². The predicted molar refractivity (Wildman–Crippen MR) is 71.9 cm³/mol. The molecule has 1 atom stereocenters. The molecule has 1 aromatic rings. The molecule has 0 saturated carbocycles. The fourth-order valence-corrected chi connectivity index (χ4v) is 5.58. The summed E-state index contributed by atoms with van der Waals surface area (Å²) in [6.45, 7) is 8.29. The number of carbonyl (C=O) groups excluding carboxylic acids is 1. The van der Waals surface area contributed by atoms with Crippen LogP contribution in [0.25, 0.3) is 0 Å². The Hall–Kier alpha value is -0.566. The molecule has 0 aliphatic heterocycles. The molecule has 0 N–H and O–H groups in total. The number of hydrogen-bond donors (Lipinski definition) is 0. The van der Waals surface area contributed by atoms with E-state index >= 15 is 0 Å². The maximum absolute atomic E-state index is 11.9. The van der Waals surface area contributed by atoms with Crippen molar-refractivity contribution in [2.24, 2.45) is 0 Å². The number of aliphatic carboxylic acids is 1. The number of carboxylic acid groups (broad SMARTS) is 1. The Morgan fingerprint density at radius 3 is 2.58 bits per heavy atom. The molecule has 0 saturated heterocycles. The van der Waals surface area contributed by atoms with Gasteiger partial charge in [0.05, 0.1) is 19.7 Å². The van der Waals surface area contributed by atoms with Crippen LogP contribution in [0, 0.1) is 6.92 Å². The number of carbonyl (C=O) groups is 1. The topological polar surface area (TPSA) is 53.0 Å². The average molecular weight is 269 g/mol.